The summed E-state index contributed by atoms with van der Waals surface area (Å²) in [5.74, 6) is -1.49. The Hall–Kier alpha value is -1.12. The van der Waals surface area contributed by atoms with Gasteiger partial charge < -0.3 is 4.74 Å². The maximum atomic E-state index is 14.0. The summed E-state index contributed by atoms with van der Waals surface area (Å²) in [6.45, 7) is 6.21. The van der Waals surface area contributed by atoms with Crippen molar-refractivity contribution < 1.29 is 13.5 Å². The number of halogens is 2. The molecule has 0 aromatic heterocycles. The highest BCUT2D eigenvalue weighted by Gasteiger charge is 2.20. The Morgan fingerprint density at radius 1 is 1.00 bits per heavy atom. The molecule has 102 valence electrons. The van der Waals surface area contributed by atoms with Crippen LogP contribution in [0.5, 0.6) is 5.75 Å². The van der Waals surface area contributed by atoms with E-state index in [9.17, 15) is 8.78 Å². The molecule has 0 saturated heterocycles. The lowest BCUT2D eigenvalue weighted by molar-refractivity contribution is 0.312. The molecule has 1 aromatic carbocycles. The largest absolute Gasteiger partial charge is 0.491 e. The Balaban J connectivity index is 3.04. The Bertz CT molecular complexity index is 371. The third-order valence-corrected chi connectivity index (χ3v) is 3.09. The van der Waals surface area contributed by atoms with Gasteiger partial charge in [0.1, 0.15) is 0 Å². The highest BCUT2D eigenvalue weighted by Crippen LogP contribution is 2.32. The second-order valence-electron chi connectivity index (χ2n) is 4.49. The molecular formula is C15H22F2O. The van der Waals surface area contributed by atoms with Gasteiger partial charge in [-0.05, 0) is 37.3 Å². The summed E-state index contributed by atoms with van der Waals surface area (Å²) in [5, 5.41) is 0. The van der Waals surface area contributed by atoms with Crippen molar-refractivity contribution in [3.05, 3.63) is 29.3 Å². The minimum Gasteiger partial charge on any atom is -0.491 e. The molecule has 0 N–H and O–H groups in total. The van der Waals surface area contributed by atoms with Crippen LogP contribution in [0.3, 0.4) is 0 Å². The maximum Gasteiger partial charge on any atom is 0.200 e. The Kier molecular flexibility index (Phi) is 6.10. The Labute approximate surface area is 108 Å². The lowest BCUT2D eigenvalue weighted by Gasteiger charge is -2.17. The molecule has 0 bridgehead atoms. The SMILES string of the molecule is CCCC(CCC)c1ccc(OCC)c(F)c1F. The zero-order valence-corrected chi connectivity index (χ0v) is 11.4. The molecule has 3 heteroatoms. The van der Waals surface area contributed by atoms with E-state index >= 15 is 0 Å². The summed E-state index contributed by atoms with van der Waals surface area (Å²) in [5.41, 5.74) is 0.486. The van der Waals surface area contributed by atoms with Crippen LogP contribution in [0.2, 0.25) is 0 Å². The van der Waals surface area contributed by atoms with Crippen LogP contribution >= 0.6 is 0 Å². The molecule has 1 rings (SSSR count). The van der Waals surface area contributed by atoms with Gasteiger partial charge in [-0.25, -0.2) is 4.39 Å². The molecule has 1 aromatic rings. The summed E-state index contributed by atoms with van der Waals surface area (Å²) in [4.78, 5) is 0. The Morgan fingerprint density at radius 3 is 2.11 bits per heavy atom. The second-order valence-corrected chi connectivity index (χ2v) is 4.49. The molecule has 0 spiro atoms. The number of hydrogen-bond donors (Lipinski definition) is 0. The molecule has 0 heterocycles. The maximum absolute atomic E-state index is 14.0. The van der Waals surface area contributed by atoms with Crippen LogP contribution in [-0.4, -0.2) is 6.61 Å². The van der Waals surface area contributed by atoms with E-state index < -0.39 is 11.6 Å². The van der Waals surface area contributed by atoms with Crippen molar-refractivity contribution in [2.45, 2.75) is 52.4 Å². The highest BCUT2D eigenvalue weighted by atomic mass is 19.2. The van der Waals surface area contributed by atoms with Crippen LogP contribution in [0.25, 0.3) is 0 Å². The average Bonchev–Trinajstić information content (AvgIpc) is 2.35. The van der Waals surface area contributed by atoms with Crippen molar-refractivity contribution in [3.63, 3.8) is 0 Å². The third-order valence-electron chi connectivity index (χ3n) is 3.09. The Morgan fingerprint density at radius 2 is 1.61 bits per heavy atom. The van der Waals surface area contributed by atoms with E-state index in [0.29, 0.717) is 12.2 Å². The number of hydrogen-bond acceptors (Lipinski definition) is 1. The van der Waals surface area contributed by atoms with E-state index in [2.05, 4.69) is 13.8 Å². The summed E-state index contributed by atoms with van der Waals surface area (Å²) in [7, 11) is 0. The van der Waals surface area contributed by atoms with Crippen LogP contribution in [0.4, 0.5) is 8.78 Å². The van der Waals surface area contributed by atoms with Crippen molar-refractivity contribution in [3.8, 4) is 5.75 Å². The van der Waals surface area contributed by atoms with Crippen molar-refractivity contribution >= 4 is 0 Å². The molecule has 0 radical (unpaired) electrons. The van der Waals surface area contributed by atoms with E-state index in [-0.39, 0.29) is 11.7 Å². The zero-order valence-electron chi connectivity index (χ0n) is 11.4. The first-order valence-corrected chi connectivity index (χ1v) is 6.76. The fourth-order valence-corrected chi connectivity index (χ4v) is 2.28. The molecule has 0 amide bonds. The van der Waals surface area contributed by atoms with E-state index in [1.807, 2.05) is 0 Å². The van der Waals surface area contributed by atoms with Crippen molar-refractivity contribution in [1.29, 1.82) is 0 Å². The van der Waals surface area contributed by atoms with Crippen LogP contribution in [0.1, 0.15) is 57.9 Å². The summed E-state index contributed by atoms with van der Waals surface area (Å²) >= 11 is 0. The number of benzene rings is 1. The number of ether oxygens (including phenoxy) is 1. The summed E-state index contributed by atoms with van der Waals surface area (Å²) in [6.07, 6.45) is 3.72. The molecule has 0 fully saturated rings. The molecule has 1 nitrogen and oxygen atoms in total. The minimum atomic E-state index is -0.855. The first-order valence-electron chi connectivity index (χ1n) is 6.76. The summed E-state index contributed by atoms with van der Waals surface area (Å²) in [6, 6.07) is 3.20. The first kappa shape index (κ1) is 14.9. The van der Waals surface area contributed by atoms with Crippen LogP contribution in [-0.2, 0) is 0 Å². The number of rotatable bonds is 7. The van der Waals surface area contributed by atoms with Gasteiger partial charge in [-0.3, -0.25) is 0 Å². The van der Waals surface area contributed by atoms with Gasteiger partial charge in [0.25, 0.3) is 0 Å². The topological polar surface area (TPSA) is 9.23 Å². The van der Waals surface area contributed by atoms with E-state index in [4.69, 9.17) is 4.74 Å². The van der Waals surface area contributed by atoms with Crippen LogP contribution in [0, 0.1) is 11.6 Å². The monoisotopic (exact) mass is 256 g/mol. The van der Waals surface area contributed by atoms with Gasteiger partial charge in [0.05, 0.1) is 6.61 Å². The van der Waals surface area contributed by atoms with Crippen LogP contribution in [0.15, 0.2) is 12.1 Å². The second kappa shape index (κ2) is 7.34. The van der Waals surface area contributed by atoms with Gasteiger partial charge in [0.15, 0.2) is 11.6 Å². The van der Waals surface area contributed by atoms with E-state index in [1.54, 1.807) is 13.0 Å². The highest BCUT2D eigenvalue weighted by molar-refractivity contribution is 5.33. The van der Waals surface area contributed by atoms with Gasteiger partial charge >= 0.3 is 0 Å². The third kappa shape index (κ3) is 3.44. The normalized spacial score (nSPS) is 11.0. The van der Waals surface area contributed by atoms with Crippen molar-refractivity contribution in [1.82, 2.24) is 0 Å². The van der Waals surface area contributed by atoms with Gasteiger partial charge in [-0.1, -0.05) is 32.8 Å². The van der Waals surface area contributed by atoms with Gasteiger partial charge in [-0.2, -0.15) is 4.39 Å². The average molecular weight is 256 g/mol. The van der Waals surface area contributed by atoms with Crippen molar-refractivity contribution in [2.24, 2.45) is 0 Å². The zero-order chi connectivity index (χ0) is 13.5. The predicted molar refractivity (Wildman–Crippen MR) is 70.1 cm³/mol. The standard InChI is InChI=1S/C15H22F2O/c1-4-7-11(8-5-2)12-9-10-13(18-6-3)15(17)14(12)16/h9-11H,4-8H2,1-3H3. The fraction of sp³-hybridized carbons (Fsp3) is 0.600. The van der Waals surface area contributed by atoms with Gasteiger partial charge in [0, 0.05) is 0 Å². The first-order chi connectivity index (χ1) is 8.65. The molecule has 0 aliphatic rings. The van der Waals surface area contributed by atoms with Gasteiger partial charge in [-0.15, -0.1) is 0 Å². The smallest absolute Gasteiger partial charge is 0.200 e. The van der Waals surface area contributed by atoms with E-state index in [0.717, 1.165) is 25.7 Å². The molecular weight excluding hydrogens is 234 g/mol. The molecule has 18 heavy (non-hydrogen) atoms. The summed E-state index contributed by atoms with van der Waals surface area (Å²) < 4.78 is 32.9. The lowest BCUT2D eigenvalue weighted by atomic mass is 9.90. The quantitative estimate of drug-likeness (QED) is 0.663. The van der Waals surface area contributed by atoms with Crippen LogP contribution < -0.4 is 4.74 Å². The molecule has 0 aliphatic heterocycles. The predicted octanol–water partition coefficient (Wildman–Crippen LogP) is 5.05. The van der Waals surface area contributed by atoms with Gasteiger partial charge in [0.2, 0.25) is 5.82 Å². The van der Waals surface area contributed by atoms with Crippen molar-refractivity contribution in [2.75, 3.05) is 6.61 Å². The minimum absolute atomic E-state index is 0.00509. The lowest BCUT2D eigenvalue weighted by Crippen LogP contribution is -2.05. The molecule has 0 saturated carbocycles. The fourth-order valence-electron chi connectivity index (χ4n) is 2.28. The van der Waals surface area contributed by atoms with E-state index in [1.165, 1.54) is 6.07 Å². The molecule has 0 atom stereocenters. The molecule has 0 aliphatic carbocycles. The molecule has 0 unspecified atom stereocenters.